The van der Waals surface area contributed by atoms with Crippen LogP contribution >= 0.6 is 0 Å². The number of nitrogens with zero attached hydrogens (tertiary/aromatic N) is 1. The maximum absolute atomic E-state index is 10.5. The number of carbonyl (C=O) groups is 2. The van der Waals surface area contributed by atoms with Crippen LogP contribution in [-0.4, -0.2) is 35.8 Å². The topological polar surface area (TPSA) is 49.4 Å². The monoisotopic (exact) mass is 216 g/mol. The number of nitrogens with one attached hydrogen (secondary N) is 1. The van der Waals surface area contributed by atoms with Crippen LogP contribution in [0.2, 0.25) is 0 Å². The molecule has 0 unspecified atom stereocenters. The fourth-order valence-corrected chi connectivity index (χ4v) is 1.08. The van der Waals surface area contributed by atoms with Gasteiger partial charge in [-0.05, 0) is 27.7 Å². The lowest BCUT2D eigenvalue weighted by molar-refractivity contribution is -0.128. The maximum atomic E-state index is 10.5. The van der Waals surface area contributed by atoms with Gasteiger partial charge in [0.05, 0.1) is 0 Å². The first-order chi connectivity index (χ1) is 6.84. The van der Waals surface area contributed by atoms with E-state index in [4.69, 9.17) is 0 Å². The Morgan fingerprint density at radius 2 is 1.53 bits per heavy atom. The molecule has 2 amide bonds. The van der Waals surface area contributed by atoms with E-state index in [0.717, 1.165) is 13.1 Å². The summed E-state index contributed by atoms with van der Waals surface area (Å²) in [7, 11) is 0. The standard InChI is InChI=1S/C6H13NO.C5H11NO/c1-4-7(5-2)6(3)8;1-4(2)6-5(3)7/h4-5H2,1-3H3;4H,1-3H3,(H,6,7). The predicted octanol–water partition coefficient (Wildman–Crippen LogP) is 1.41. The van der Waals surface area contributed by atoms with Gasteiger partial charge in [-0.15, -0.1) is 0 Å². The van der Waals surface area contributed by atoms with E-state index in [1.54, 1.807) is 11.8 Å². The molecule has 90 valence electrons. The Morgan fingerprint density at radius 1 is 1.13 bits per heavy atom. The number of hydrogen-bond donors (Lipinski definition) is 1. The van der Waals surface area contributed by atoms with E-state index < -0.39 is 0 Å². The average Bonchev–Trinajstić information content (AvgIpc) is 2.03. The third-order valence-electron chi connectivity index (χ3n) is 1.70. The molecular formula is C11H24N2O2. The minimum Gasteiger partial charge on any atom is -0.354 e. The molecule has 0 aromatic carbocycles. The number of carbonyl (C=O) groups excluding carboxylic acids is 2. The van der Waals surface area contributed by atoms with Crippen LogP contribution in [0.25, 0.3) is 0 Å². The summed E-state index contributed by atoms with van der Waals surface area (Å²) >= 11 is 0. The van der Waals surface area contributed by atoms with Crippen LogP contribution in [0.5, 0.6) is 0 Å². The van der Waals surface area contributed by atoms with Crippen LogP contribution in [0.4, 0.5) is 0 Å². The van der Waals surface area contributed by atoms with Crippen molar-refractivity contribution in [2.75, 3.05) is 13.1 Å². The molecule has 0 bridgehead atoms. The normalized spacial score (nSPS) is 9.00. The molecule has 0 aliphatic heterocycles. The van der Waals surface area contributed by atoms with Crippen molar-refractivity contribution in [1.82, 2.24) is 10.2 Å². The van der Waals surface area contributed by atoms with E-state index in [0.29, 0.717) is 0 Å². The van der Waals surface area contributed by atoms with Crippen molar-refractivity contribution in [3.63, 3.8) is 0 Å². The lowest BCUT2D eigenvalue weighted by atomic mass is 10.4. The fourth-order valence-electron chi connectivity index (χ4n) is 1.08. The zero-order valence-corrected chi connectivity index (χ0v) is 10.8. The van der Waals surface area contributed by atoms with Gasteiger partial charge in [0.2, 0.25) is 11.8 Å². The summed E-state index contributed by atoms with van der Waals surface area (Å²) in [6.07, 6.45) is 0. The number of rotatable bonds is 3. The first-order valence-corrected chi connectivity index (χ1v) is 5.37. The predicted molar refractivity (Wildman–Crippen MR) is 62.6 cm³/mol. The molecule has 0 radical (unpaired) electrons. The van der Waals surface area contributed by atoms with Crippen molar-refractivity contribution in [3.8, 4) is 0 Å². The minimum atomic E-state index is 0.0370. The van der Waals surface area contributed by atoms with Gasteiger partial charge in [-0.1, -0.05) is 0 Å². The Kier molecular flexibility index (Phi) is 10.4. The lowest BCUT2D eigenvalue weighted by Crippen LogP contribution is -2.27. The SMILES string of the molecule is CC(=O)NC(C)C.CCN(CC)C(C)=O. The Balaban J connectivity index is 0. The summed E-state index contributed by atoms with van der Waals surface area (Å²) < 4.78 is 0. The van der Waals surface area contributed by atoms with Crippen molar-refractivity contribution in [1.29, 1.82) is 0 Å². The van der Waals surface area contributed by atoms with Gasteiger partial charge in [0.15, 0.2) is 0 Å². The Morgan fingerprint density at radius 3 is 1.53 bits per heavy atom. The van der Waals surface area contributed by atoms with E-state index in [1.165, 1.54) is 6.92 Å². The highest BCUT2D eigenvalue weighted by molar-refractivity contribution is 5.73. The lowest BCUT2D eigenvalue weighted by Gasteiger charge is -2.14. The van der Waals surface area contributed by atoms with Crippen molar-refractivity contribution in [3.05, 3.63) is 0 Å². The van der Waals surface area contributed by atoms with Crippen LogP contribution in [0.1, 0.15) is 41.5 Å². The second kappa shape index (κ2) is 9.49. The summed E-state index contributed by atoms with van der Waals surface area (Å²) in [6.45, 7) is 12.6. The summed E-state index contributed by atoms with van der Waals surface area (Å²) in [5.41, 5.74) is 0. The highest BCUT2D eigenvalue weighted by Gasteiger charge is 1.99. The van der Waals surface area contributed by atoms with Crippen LogP contribution in [0.3, 0.4) is 0 Å². The molecule has 1 N–H and O–H groups in total. The van der Waals surface area contributed by atoms with Gasteiger partial charge in [0.1, 0.15) is 0 Å². The molecule has 0 heterocycles. The van der Waals surface area contributed by atoms with Gasteiger partial charge in [-0.2, -0.15) is 0 Å². The van der Waals surface area contributed by atoms with E-state index in [9.17, 15) is 9.59 Å². The number of amides is 2. The van der Waals surface area contributed by atoms with Crippen molar-refractivity contribution in [2.24, 2.45) is 0 Å². The van der Waals surface area contributed by atoms with Crippen LogP contribution in [0, 0.1) is 0 Å². The summed E-state index contributed by atoms with van der Waals surface area (Å²) in [5.74, 6) is 0.199. The van der Waals surface area contributed by atoms with E-state index in [-0.39, 0.29) is 17.9 Å². The zero-order valence-electron chi connectivity index (χ0n) is 10.8. The molecule has 0 aromatic heterocycles. The van der Waals surface area contributed by atoms with Crippen molar-refractivity contribution >= 4 is 11.8 Å². The third-order valence-corrected chi connectivity index (χ3v) is 1.70. The summed E-state index contributed by atoms with van der Waals surface area (Å²) in [5, 5.41) is 2.67. The Hall–Kier alpha value is -1.06. The molecule has 4 nitrogen and oxygen atoms in total. The summed E-state index contributed by atoms with van der Waals surface area (Å²) in [6, 6.07) is 0.275. The fraction of sp³-hybridized carbons (Fsp3) is 0.818. The molecule has 0 atom stereocenters. The minimum absolute atomic E-state index is 0.0370. The molecule has 0 fully saturated rings. The largest absolute Gasteiger partial charge is 0.354 e. The van der Waals surface area contributed by atoms with E-state index in [2.05, 4.69) is 5.32 Å². The highest BCUT2D eigenvalue weighted by atomic mass is 16.2. The molecule has 0 aliphatic rings. The Bertz CT molecular complexity index is 187. The summed E-state index contributed by atoms with van der Waals surface area (Å²) in [4.78, 5) is 22.5. The van der Waals surface area contributed by atoms with Gasteiger partial charge in [-0.25, -0.2) is 0 Å². The third kappa shape index (κ3) is 12.9. The molecule has 15 heavy (non-hydrogen) atoms. The van der Waals surface area contributed by atoms with Gasteiger partial charge >= 0.3 is 0 Å². The second-order valence-corrected chi connectivity index (χ2v) is 3.55. The van der Waals surface area contributed by atoms with Crippen molar-refractivity contribution < 1.29 is 9.59 Å². The van der Waals surface area contributed by atoms with E-state index >= 15 is 0 Å². The van der Waals surface area contributed by atoms with Crippen LogP contribution in [-0.2, 0) is 9.59 Å². The second-order valence-electron chi connectivity index (χ2n) is 3.55. The van der Waals surface area contributed by atoms with Gasteiger partial charge in [0.25, 0.3) is 0 Å². The molecule has 0 saturated carbocycles. The first kappa shape index (κ1) is 16.4. The van der Waals surface area contributed by atoms with Crippen molar-refractivity contribution in [2.45, 2.75) is 47.6 Å². The maximum Gasteiger partial charge on any atom is 0.219 e. The Labute approximate surface area is 93.0 Å². The van der Waals surface area contributed by atoms with Gasteiger partial charge in [0, 0.05) is 33.0 Å². The van der Waals surface area contributed by atoms with Crippen LogP contribution in [0.15, 0.2) is 0 Å². The molecular weight excluding hydrogens is 192 g/mol. The molecule has 4 heteroatoms. The van der Waals surface area contributed by atoms with Gasteiger partial charge < -0.3 is 10.2 Å². The molecule has 0 aromatic rings. The van der Waals surface area contributed by atoms with E-state index in [1.807, 2.05) is 27.7 Å². The quantitative estimate of drug-likeness (QED) is 0.775. The highest BCUT2D eigenvalue weighted by Crippen LogP contribution is 1.84. The molecule has 0 saturated heterocycles. The smallest absolute Gasteiger partial charge is 0.219 e. The first-order valence-electron chi connectivity index (χ1n) is 5.37. The molecule has 0 spiro atoms. The number of hydrogen-bond acceptors (Lipinski definition) is 2. The van der Waals surface area contributed by atoms with Crippen LogP contribution < -0.4 is 5.32 Å². The zero-order chi connectivity index (χ0) is 12.4. The average molecular weight is 216 g/mol. The molecule has 0 aliphatic carbocycles. The van der Waals surface area contributed by atoms with Gasteiger partial charge in [-0.3, -0.25) is 9.59 Å². The molecule has 0 rings (SSSR count).